The molecule has 0 bridgehead atoms. The molecule has 3 N–H and O–H groups in total. The Hall–Kier alpha value is -1.36. The van der Waals surface area contributed by atoms with Crippen molar-refractivity contribution in [1.82, 2.24) is 4.98 Å². The lowest BCUT2D eigenvalue weighted by molar-refractivity contribution is 0.204. The second-order valence-corrected chi connectivity index (χ2v) is 4.16. The molecule has 0 aliphatic rings. The van der Waals surface area contributed by atoms with Gasteiger partial charge in [-0.3, -0.25) is 4.98 Å². The number of aliphatic hydroxyl groups excluding tert-OH is 2. The van der Waals surface area contributed by atoms with Crippen LogP contribution in [0.2, 0.25) is 5.02 Å². The summed E-state index contributed by atoms with van der Waals surface area (Å²) in [7, 11) is 0. The largest absolute Gasteiger partial charge is 0.394 e. The van der Waals surface area contributed by atoms with E-state index in [2.05, 4.69) is 10.3 Å². The molecule has 0 aliphatic heterocycles. The van der Waals surface area contributed by atoms with Gasteiger partial charge >= 0.3 is 0 Å². The summed E-state index contributed by atoms with van der Waals surface area (Å²) >= 11 is 5.94. The third-order valence-corrected chi connectivity index (χ3v) is 2.74. The first-order chi connectivity index (χ1) is 8.24. The molecular weight excluding hydrogens is 240 g/mol. The summed E-state index contributed by atoms with van der Waals surface area (Å²) in [5.74, 6) is 0. The van der Waals surface area contributed by atoms with Crippen LogP contribution in [0, 0.1) is 0 Å². The van der Waals surface area contributed by atoms with Crippen LogP contribution in [0.1, 0.15) is 0 Å². The molecule has 0 radical (unpaired) electrons. The fraction of sp³-hybridized carbons (Fsp3) is 0.250. The van der Waals surface area contributed by atoms with Gasteiger partial charge in [0.15, 0.2) is 0 Å². The van der Waals surface area contributed by atoms with E-state index in [1.54, 1.807) is 24.4 Å². The molecule has 2 rings (SSSR count). The van der Waals surface area contributed by atoms with Crippen LogP contribution in [0.15, 0.2) is 30.5 Å². The Kier molecular flexibility index (Phi) is 3.78. The molecule has 0 saturated carbocycles. The Morgan fingerprint density at radius 1 is 1.24 bits per heavy atom. The summed E-state index contributed by atoms with van der Waals surface area (Å²) in [4.78, 5) is 4.22. The number of aliphatic hydroxyl groups is 2. The maximum Gasteiger partial charge on any atom is 0.0723 e. The van der Waals surface area contributed by atoms with E-state index in [1.807, 2.05) is 6.07 Å². The third kappa shape index (κ3) is 2.66. The molecule has 90 valence electrons. The molecule has 5 heteroatoms. The lowest BCUT2D eigenvalue weighted by Gasteiger charge is -2.16. The van der Waals surface area contributed by atoms with Gasteiger partial charge < -0.3 is 15.5 Å². The smallest absolute Gasteiger partial charge is 0.0723 e. The van der Waals surface area contributed by atoms with Gasteiger partial charge in [0.25, 0.3) is 0 Å². The van der Waals surface area contributed by atoms with E-state index in [9.17, 15) is 0 Å². The molecule has 0 aliphatic carbocycles. The summed E-state index contributed by atoms with van der Waals surface area (Å²) in [6.45, 7) is -0.276. The number of fused-ring (bicyclic) bond motifs is 1. The molecule has 4 nitrogen and oxygen atoms in total. The number of pyridine rings is 1. The highest BCUT2D eigenvalue weighted by Crippen LogP contribution is 2.25. The number of halogens is 1. The summed E-state index contributed by atoms with van der Waals surface area (Å²) in [5.41, 5.74) is 1.61. The Labute approximate surface area is 104 Å². The molecule has 0 spiro atoms. The Morgan fingerprint density at radius 3 is 2.71 bits per heavy atom. The molecule has 0 amide bonds. The zero-order chi connectivity index (χ0) is 12.3. The van der Waals surface area contributed by atoms with Gasteiger partial charge in [-0.2, -0.15) is 0 Å². The van der Waals surface area contributed by atoms with E-state index in [4.69, 9.17) is 21.8 Å². The van der Waals surface area contributed by atoms with Gasteiger partial charge in [0.05, 0.1) is 24.8 Å². The fourth-order valence-corrected chi connectivity index (χ4v) is 1.79. The van der Waals surface area contributed by atoms with E-state index in [-0.39, 0.29) is 19.3 Å². The van der Waals surface area contributed by atoms with Crippen LogP contribution >= 0.6 is 11.6 Å². The highest BCUT2D eigenvalue weighted by Gasteiger charge is 2.08. The van der Waals surface area contributed by atoms with Gasteiger partial charge in [-0.15, -0.1) is 0 Å². The van der Waals surface area contributed by atoms with Crippen LogP contribution in [-0.4, -0.2) is 34.5 Å². The summed E-state index contributed by atoms with van der Waals surface area (Å²) < 4.78 is 0. The standard InChI is InChI=1S/C12H13ClN2O2/c13-8-1-2-11-10(5-8)12(3-4-14-11)15-9(6-16)7-17/h1-5,9,16-17H,6-7H2,(H,14,15). The second kappa shape index (κ2) is 5.31. The minimum absolute atomic E-state index is 0.138. The van der Waals surface area contributed by atoms with Crippen LogP contribution in [0.4, 0.5) is 5.69 Å². The molecular formula is C12H13ClN2O2. The monoisotopic (exact) mass is 252 g/mol. The van der Waals surface area contributed by atoms with E-state index >= 15 is 0 Å². The van der Waals surface area contributed by atoms with E-state index in [1.165, 1.54) is 0 Å². The van der Waals surface area contributed by atoms with Crippen molar-refractivity contribution in [1.29, 1.82) is 0 Å². The minimum atomic E-state index is -0.389. The number of aromatic nitrogens is 1. The molecule has 1 aromatic heterocycles. The first kappa shape index (κ1) is 12.1. The number of hydrogen-bond donors (Lipinski definition) is 3. The van der Waals surface area contributed by atoms with Gasteiger partial charge in [0, 0.05) is 22.3 Å². The minimum Gasteiger partial charge on any atom is -0.394 e. The van der Waals surface area contributed by atoms with Gasteiger partial charge in [0.2, 0.25) is 0 Å². The third-order valence-electron chi connectivity index (χ3n) is 2.50. The molecule has 1 heterocycles. The summed E-state index contributed by atoms with van der Waals surface area (Å²) in [5, 5.41) is 22.6. The highest BCUT2D eigenvalue weighted by molar-refractivity contribution is 6.31. The Balaban J connectivity index is 2.42. The SMILES string of the molecule is OCC(CO)Nc1ccnc2ccc(Cl)cc12. The summed E-state index contributed by atoms with van der Waals surface area (Å²) in [6.07, 6.45) is 1.67. The maximum absolute atomic E-state index is 9.05. The zero-order valence-electron chi connectivity index (χ0n) is 9.10. The summed E-state index contributed by atoms with van der Waals surface area (Å²) in [6, 6.07) is 6.81. The molecule has 0 atom stereocenters. The average molecular weight is 253 g/mol. The lowest BCUT2D eigenvalue weighted by Crippen LogP contribution is -2.27. The van der Waals surface area contributed by atoms with Crippen LogP contribution in [0.3, 0.4) is 0 Å². The number of anilines is 1. The number of rotatable bonds is 4. The van der Waals surface area contributed by atoms with E-state index < -0.39 is 0 Å². The molecule has 17 heavy (non-hydrogen) atoms. The predicted molar refractivity (Wildman–Crippen MR) is 68.3 cm³/mol. The van der Waals surface area contributed by atoms with Gasteiger partial charge in [-0.05, 0) is 24.3 Å². The van der Waals surface area contributed by atoms with Gasteiger partial charge in [-0.1, -0.05) is 11.6 Å². The Morgan fingerprint density at radius 2 is 2.00 bits per heavy atom. The first-order valence-electron chi connectivity index (χ1n) is 5.27. The van der Waals surface area contributed by atoms with Crippen molar-refractivity contribution in [3.05, 3.63) is 35.5 Å². The predicted octanol–water partition coefficient (Wildman–Crippen LogP) is 1.65. The normalized spacial score (nSPS) is 11.1. The maximum atomic E-state index is 9.05. The molecule has 0 fully saturated rings. The molecule has 0 unspecified atom stereocenters. The number of nitrogens with zero attached hydrogens (tertiary/aromatic N) is 1. The topological polar surface area (TPSA) is 65.4 Å². The number of hydrogen-bond acceptors (Lipinski definition) is 4. The van der Waals surface area contributed by atoms with Crippen LogP contribution in [-0.2, 0) is 0 Å². The van der Waals surface area contributed by atoms with Gasteiger partial charge in [-0.25, -0.2) is 0 Å². The highest BCUT2D eigenvalue weighted by atomic mass is 35.5. The van der Waals surface area contributed by atoms with Crippen molar-refractivity contribution in [3.63, 3.8) is 0 Å². The van der Waals surface area contributed by atoms with Crippen molar-refractivity contribution in [3.8, 4) is 0 Å². The van der Waals surface area contributed by atoms with Crippen LogP contribution < -0.4 is 5.32 Å². The lowest BCUT2D eigenvalue weighted by atomic mass is 10.1. The van der Waals surface area contributed by atoms with Crippen molar-refractivity contribution >= 4 is 28.2 Å². The number of nitrogens with one attached hydrogen (secondary N) is 1. The molecule has 0 saturated heterocycles. The molecule has 1 aromatic carbocycles. The quantitative estimate of drug-likeness (QED) is 0.774. The Bertz CT molecular complexity index is 515. The first-order valence-corrected chi connectivity index (χ1v) is 5.65. The van der Waals surface area contributed by atoms with Crippen molar-refractivity contribution in [2.75, 3.05) is 18.5 Å². The van der Waals surface area contributed by atoms with Crippen LogP contribution in [0.25, 0.3) is 10.9 Å². The second-order valence-electron chi connectivity index (χ2n) is 3.73. The van der Waals surface area contributed by atoms with Crippen molar-refractivity contribution in [2.45, 2.75) is 6.04 Å². The zero-order valence-corrected chi connectivity index (χ0v) is 9.85. The number of benzene rings is 1. The van der Waals surface area contributed by atoms with Crippen molar-refractivity contribution in [2.24, 2.45) is 0 Å². The average Bonchev–Trinajstić information content (AvgIpc) is 2.36. The van der Waals surface area contributed by atoms with E-state index in [0.29, 0.717) is 5.02 Å². The van der Waals surface area contributed by atoms with Crippen LogP contribution in [0.5, 0.6) is 0 Å². The van der Waals surface area contributed by atoms with E-state index in [0.717, 1.165) is 16.6 Å². The fourth-order valence-electron chi connectivity index (χ4n) is 1.61. The van der Waals surface area contributed by atoms with Crippen molar-refractivity contribution < 1.29 is 10.2 Å². The molecule has 2 aromatic rings. The van der Waals surface area contributed by atoms with Gasteiger partial charge in [0.1, 0.15) is 0 Å².